The molecular weight excluding hydrogens is 286 g/mol. The first-order chi connectivity index (χ1) is 10.3. The van der Waals surface area contributed by atoms with Gasteiger partial charge in [0.05, 0.1) is 4.88 Å². The molecule has 1 aromatic carbocycles. The molecule has 1 N–H and O–H groups in total. The first-order valence-corrected chi connectivity index (χ1v) is 7.40. The Labute approximate surface area is 125 Å². The summed E-state index contributed by atoms with van der Waals surface area (Å²) < 4.78 is 5.21. The molecule has 0 atom stereocenters. The second kappa shape index (κ2) is 6.32. The summed E-state index contributed by atoms with van der Waals surface area (Å²) in [6.45, 7) is 0.477. The Hall–Kier alpha value is -2.47. The molecule has 0 radical (unpaired) electrons. The van der Waals surface area contributed by atoms with Crippen LogP contribution in [0.15, 0.2) is 52.4 Å². The van der Waals surface area contributed by atoms with Gasteiger partial charge < -0.3 is 9.84 Å². The molecule has 2 heterocycles. The van der Waals surface area contributed by atoms with E-state index in [0.29, 0.717) is 29.6 Å². The molecule has 0 aliphatic heterocycles. The number of thiophene rings is 1. The molecule has 0 aliphatic rings. The predicted octanol–water partition coefficient (Wildman–Crippen LogP) is 2.77. The standard InChI is InChI=1S/C15H13N3O2S/c19-14(12-7-4-10-21-12)16-9-8-13-17-15(20-18-13)11-5-2-1-3-6-11/h1-7,10H,8-9H2,(H,16,19). The zero-order chi connectivity index (χ0) is 14.5. The van der Waals surface area contributed by atoms with Gasteiger partial charge in [-0.25, -0.2) is 0 Å². The van der Waals surface area contributed by atoms with Gasteiger partial charge in [-0.05, 0) is 23.6 Å². The third-order valence-electron chi connectivity index (χ3n) is 2.87. The van der Waals surface area contributed by atoms with Crippen LogP contribution in [0.3, 0.4) is 0 Å². The largest absolute Gasteiger partial charge is 0.351 e. The summed E-state index contributed by atoms with van der Waals surface area (Å²) in [6, 6.07) is 13.2. The van der Waals surface area contributed by atoms with E-state index in [-0.39, 0.29) is 5.91 Å². The van der Waals surface area contributed by atoms with Crippen LogP contribution in [0.4, 0.5) is 0 Å². The molecule has 6 heteroatoms. The van der Waals surface area contributed by atoms with Gasteiger partial charge in [0.15, 0.2) is 5.82 Å². The maximum atomic E-state index is 11.8. The highest BCUT2D eigenvalue weighted by Gasteiger charge is 2.09. The highest BCUT2D eigenvalue weighted by Crippen LogP contribution is 2.16. The highest BCUT2D eigenvalue weighted by atomic mass is 32.1. The van der Waals surface area contributed by atoms with Crippen molar-refractivity contribution in [3.05, 3.63) is 58.5 Å². The predicted molar refractivity (Wildman–Crippen MR) is 80.1 cm³/mol. The van der Waals surface area contributed by atoms with E-state index in [1.807, 2.05) is 41.8 Å². The van der Waals surface area contributed by atoms with Crippen molar-refractivity contribution in [1.82, 2.24) is 15.5 Å². The number of hydrogen-bond donors (Lipinski definition) is 1. The maximum absolute atomic E-state index is 11.8. The maximum Gasteiger partial charge on any atom is 0.261 e. The fourth-order valence-electron chi connectivity index (χ4n) is 1.84. The summed E-state index contributed by atoms with van der Waals surface area (Å²) in [6.07, 6.45) is 0.535. The molecule has 0 bridgehead atoms. The number of hydrogen-bond acceptors (Lipinski definition) is 5. The number of rotatable bonds is 5. The lowest BCUT2D eigenvalue weighted by atomic mass is 10.2. The van der Waals surface area contributed by atoms with E-state index in [9.17, 15) is 4.79 Å². The normalized spacial score (nSPS) is 10.5. The zero-order valence-electron chi connectivity index (χ0n) is 11.2. The van der Waals surface area contributed by atoms with Crippen molar-refractivity contribution in [3.8, 4) is 11.5 Å². The fraction of sp³-hybridized carbons (Fsp3) is 0.133. The SMILES string of the molecule is O=C(NCCc1noc(-c2ccccc2)n1)c1cccs1. The van der Waals surface area contributed by atoms with Crippen LogP contribution < -0.4 is 5.32 Å². The lowest BCUT2D eigenvalue weighted by Crippen LogP contribution is -2.25. The molecule has 0 spiro atoms. The molecule has 1 amide bonds. The van der Waals surface area contributed by atoms with Gasteiger partial charge in [-0.1, -0.05) is 29.4 Å². The van der Waals surface area contributed by atoms with Gasteiger partial charge in [-0.3, -0.25) is 4.79 Å². The zero-order valence-corrected chi connectivity index (χ0v) is 12.0. The average Bonchev–Trinajstić information content (AvgIpc) is 3.20. The van der Waals surface area contributed by atoms with Crippen LogP contribution >= 0.6 is 11.3 Å². The smallest absolute Gasteiger partial charge is 0.261 e. The topological polar surface area (TPSA) is 68.0 Å². The van der Waals surface area contributed by atoms with Gasteiger partial charge in [0.1, 0.15) is 0 Å². The summed E-state index contributed by atoms with van der Waals surface area (Å²) in [7, 11) is 0. The van der Waals surface area contributed by atoms with Crippen molar-refractivity contribution < 1.29 is 9.32 Å². The Morgan fingerprint density at radius 1 is 1.19 bits per heavy atom. The van der Waals surface area contributed by atoms with Crippen molar-refractivity contribution in [1.29, 1.82) is 0 Å². The van der Waals surface area contributed by atoms with Crippen LogP contribution in [0, 0.1) is 0 Å². The molecule has 106 valence electrons. The third kappa shape index (κ3) is 3.35. The number of aromatic nitrogens is 2. The first-order valence-electron chi connectivity index (χ1n) is 6.52. The molecule has 0 fully saturated rings. The van der Waals surface area contributed by atoms with E-state index in [1.54, 1.807) is 6.07 Å². The van der Waals surface area contributed by atoms with E-state index in [0.717, 1.165) is 5.56 Å². The molecule has 21 heavy (non-hydrogen) atoms. The van der Waals surface area contributed by atoms with E-state index in [1.165, 1.54) is 11.3 Å². The average molecular weight is 299 g/mol. The van der Waals surface area contributed by atoms with Crippen molar-refractivity contribution in [2.45, 2.75) is 6.42 Å². The first kappa shape index (κ1) is 13.5. The number of carbonyl (C=O) groups excluding carboxylic acids is 1. The van der Waals surface area contributed by atoms with Gasteiger partial charge in [0.25, 0.3) is 11.8 Å². The molecule has 5 nitrogen and oxygen atoms in total. The summed E-state index contributed by atoms with van der Waals surface area (Å²) in [5.41, 5.74) is 0.888. The van der Waals surface area contributed by atoms with E-state index in [4.69, 9.17) is 4.52 Å². The minimum atomic E-state index is -0.0724. The Bertz CT molecular complexity index is 708. The highest BCUT2D eigenvalue weighted by molar-refractivity contribution is 7.12. The van der Waals surface area contributed by atoms with E-state index in [2.05, 4.69) is 15.5 Å². The van der Waals surface area contributed by atoms with Crippen molar-refractivity contribution in [3.63, 3.8) is 0 Å². The summed E-state index contributed by atoms with van der Waals surface area (Å²) in [4.78, 5) is 16.8. The van der Waals surface area contributed by atoms with Gasteiger partial charge in [-0.2, -0.15) is 4.98 Å². The molecule has 3 aromatic rings. The number of nitrogens with zero attached hydrogens (tertiary/aromatic N) is 2. The number of carbonyl (C=O) groups is 1. The minimum absolute atomic E-state index is 0.0724. The summed E-state index contributed by atoms with van der Waals surface area (Å²) >= 11 is 1.42. The number of benzene rings is 1. The van der Waals surface area contributed by atoms with Crippen LogP contribution in [0.2, 0.25) is 0 Å². The van der Waals surface area contributed by atoms with Crippen LogP contribution in [-0.2, 0) is 6.42 Å². The van der Waals surface area contributed by atoms with Crippen LogP contribution in [0.25, 0.3) is 11.5 Å². The second-order valence-electron chi connectivity index (χ2n) is 4.36. The Balaban J connectivity index is 1.55. The Kier molecular flexibility index (Phi) is 4.07. The molecule has 0 aliphatic carbocycles. The lowest BCUT2D eigenvalue weighted by Gasteiger charge is -2.00. The number of amides is 1. The lowest BCUT2D eigenvalue weighted by molar-refractivity contribution is 0.0958. The molecule has 3 rings (SSSR count). The fourth-order valence-corrected chi connectivity index (χ4v) is 2.48. The van der Waals surface area contributed by atoms with Crippen LogP contribution in [0.1, 0.15) is 15.5 Å². The van der Waals surface area contributed by atoms with Gasteiger partial charge in [-0.15, -0.1) is 11.3 Å². The summed E-state index contributed by atoms with van der Waals surface area (Å²) in [5.74, 6) is 1.01. The van der Waals surface area contributed by atoms with Gasteiger partial charge >= 0.3 is 0 Å². The van der Waals surface area contributed by atoms with Crippen LogP contribution in [0.5, 0.6) is 0 Å². The van der Waals surface area contributed by atoms with Gasteiger partial charge in [0, 0.05) is 18.5 Å². The van der Waals surface area contributed by atoms with Crippen molar-refractivity contribution >= 4 is 17.2 Å². The monoisotopic (exact) mass is 299 g/mol. The molecule has 0 unspecified atom stereocenters. The minimum Gasteiger partial charge on any atom is -0.351 e. The molecule has 0 saturated heterocycles. The molecule has 0 saturated carbocycles. The molecular formula is C15H13N3O2S. The summed E-state index contributed by atoms with van der Waals surface area (Å²) in [5, 5.41) is 8.62. The molecule has 2 aromatic heterocycles. The van der Waals surface area contributed by atoms with Gasteiger partial charge in [0.2, 0.25) is 0 Å². The van der Waals surface area contributed by atoms with E-state index >= 15 is 0 Å². The Morgan fingerprint density at radius 2 is 2.05 bits per heavy atom. The number of nitrogens with one attached hydrogen (secondary N) is 1. The van der Waals surface area contributed by atoms with Crippen molar-refractivity contribution in [2.24, 2.45) is 0 Å². The van der Waals surface area contributed by atoms with Crippen LogP contribution in [-0.4, -0.2) is 22.6 Å². The van der Waals surface area contributed by atoms with Crippen molar-refractivity contribution in [2.75, 3.05) is 6.54 Å². The second-order valence-corrected chi connectivity index (χ2v) is 5.31. The van der Waals surface area contributed by atoms with E-state index < -0.39 is 0 Å². The third-order valence-corrected chi connectivity index (χ3v) is 3.74. The quantitative estimate of drug-likeness (QED) is 0.786. The Morgan fingerprint density at radius 3 is 2.81 bits per heavy atom.